The summed E-state index contributed by atoms with van der Waals surface area (Å²) >= 11 is 0. The molecule has 0 unspecified atom stereocenters. The fraction of sp³-hybridized carbons (Fsp3) is 0.400. The molecule has 0 fully saturated rings. The fourth-order valence-corrected chi connectivity index (χ4v) is 2.20. The summed E-state index contributed by atoms with van der Waals surface area (Å²) in [6.45, 7) is 7.06. The molecule has 0 atom stereocenters. The zero-order valence-electron chi connectivity index (χ0n) is 12.1. The summed E-state index contributed by atoms with van der Waals surface area (Å²) in [4.78, 5) is 2.10. The van der Waals surface area contributed by atoms with E-state index in [0.29, 0.717) is 0 Å². The highest BCUT2D eigenvalue weighted by molar-refractivity contribution is 5.73. The van der Waals surface area contributed by atoms with Crippen LogP contribution in [0.4, 0.5) is 17.2 Å². The number of nitrogens with zero attached hydrogens (tertiary/aromatic N) is 3. The molecule has 1 aromatic carbocycles. The van der Waals surface area contributed by atoms with E-state index in [1.165, 1.54) is 5.56 Å². The number of hydrogen-bond acceptors (Lipinski definition) is 3. The van der Waals surface area contributed by atoms with Crippen LogP contribution >= 0.6 is 0 Å². The largest absolute Gasteiger partial charge is 0.394 e. The topological polar surface area (TPSA) is 47.1 Å². The standard InChI is InChI=1S/C15H22N4/c1-5-10-19-15(14(16)12(3)17-19)18(4)13-8-6-11(2)7-9-13/h6-9H,5,10,16H2,1-4H3. The van der Waals surface area contributed by atoms with Crippen molar-refractivity contribution in [3.05, 3.63) is 35.5 Å². The van der Waals surface area contributed by atoms with Gasteiger partial charge in [0.25, 0.3) is 0 Å². The molecule has 0 aliphatic carbocycles. The van der Waals surface area contributed by atoms with Crippen LogP contribution in [0.25, 0.3) is 0 Å². The molecule has 2 N–H and O–H groups in total. The van der Waals surface area contributed by atoms with Crippen LogP contribution in [0.3, 0.4) is 0 Å². The minimum Gasteiger partial charge on any atom is -0.394 e. The number of aryl methyl sites for hydroxylation is 3. The molecule has 0 amide bonds. The van der Waals surface area contributed by atoms with Gasteiger partial charge in [0.05, 0.1) is 11.4 Å². The predicted molar refractivity (Wildman–Crippen MR) is 80.9 cm³/mol. The van der Waals surface area contributed by atoms with Gasteiger partial charge in [-0.25, -0.2) is 4.68 Å². The molecular weight excluding hydrogens is 236 g/mol. The number of aromatic nitrogens is 2. The lowest BCUT2D eigenvalue weighted by Gasteiger charge is -2.21. The number of hydrogen-bond donors (Lipinski definition) is 1. The van der Waals surface area contributed by atoms with E-state index < -0.39 is 0 Å². The average molecular weight is 258 g/mol. The molecule has 2 aromatic rings. The Morgan fingerprint density at radius 3 is 2.42 bits per heavy atom. The van der Waals surface area contributed by atoms with Gasteiger partial charge in [0.2, 0.25) is 0 Å². The van der Waals surface area contributed by atoms with Crippen molar-refractivity contribution in [2.75, 3.05) is 17.7 Å². The van der Waals surface area contributed by atoms with E-state index in [-0.39, 0.29) is 0 Å². The second kappa shape index (κ2) is 5.34. The van der Waals surface area contributed by atoms with Crippen molar-refractivity contribution in [3.8, 4) is 0 Å². The zero-order chi connectivity index (χ0) is 14.0. The first-order valence-electron chi connectivity index (χ1n) is 6.68. The first-order valence-corrected chi connectivity index (χ1v) is 6.68. The molecule has 0 aliphatic rings. The maximum absolute atomic E-state index is 6.18. The Balaban J connectivity index is 2.42. The van der Waals surface area contributed by atoms with Gasteiger partial charge >= 0.3 is 0 Å². The molecule has 1 heterocycles. The van der Waals surface area contributed by atoms with Crippen LogP contribution < -0.4 is 10.6 Å². The van der Waals surface area contributed by atoms with Crippen LogP contribution in [-0.4, -0.2) is 16.8 Å². The monoisotopic (exact) mass is 258 g/mol. The lowest BCUT2D eigenvalue weighted by atomic mass is 10.2. The van der Waals surface area contributed by atoms with Crippen LogP contribution in [0.5, 0.6) is 0 Å². The van der Waals surface area contributed by atoms with E-state index in [4.69, 9.17) is 5.73 Å². The molecule has 102 valence electrons. The van der Waals surface area contributed by atoms with Crippen molar-refractivity contribution < 1.29 is 0 Å². The van der Waals surface area contributed by atoms with Crippen molar-refractivity contribution in [1.29, 1.82) is 0 Å². The van der Waals surface area contributed by atoms with Crippen LogP contribution in [0.15, 0.2) is 24.3 Å². The maximum atomic E-state index is 6.18. The van der Waals surface area contributed by atoms with Gasteiger partial charge in [-0.2, -0.15) is 5.10 Å². The number of nitrogen functional groups attached to an aromatic ring is 1. The summed E-state index contributed by atoms with van der Waals surface area (Å²) in [5.41, 5.74) is 10.2. The van der Waals surface area contributed by atoms with E-state index >= 15 is 0 Å². The second-order valence-corrected chi connectivity index (χ2v) is 4.94. The van der Waals surface area contributed by atoms with Crippen molar-refractivity contribution in [2.24, 2.45) is 0 Å². The fourth-order valence-electron chi connectivity index (χ4n) is 2.20. The van der Waals surface area contributed by atoms with E-state index in [9.17, 15) is 0 Å². The molecule has 4 heteroatoms. The predicted octanol–water partition coefficient (Wildman–Crippen LogP) is 3.26. The number of nitrogens with two attached hydrogens (primary N) is 1. The van der Waals surface area contributed by atoms with Crippen molar-refractivity contribution in [1.82, 2.24) is 9.78 Å². The Morgan fingerprint density at radius 2 is 1.84 bits per heavy atom. The van der Waals surface area contributed by atoms with Crippen LogP contribution in [0.2, 0.25) is 0 Å². The molecule has 0 radical (unpaired) electrons. The molecule has 0 bridgehead atoms. The summed E-state index contributed by atoms with van der Waals surface area (Å²) in [6.07, 6.45) is 1.04. The Labute approximate surface area is 114 Å². The third-order valence-electron chi connectivity index (χ3n) is 3.32. The Bertz CT molecular complexity index is 554. The van der Waals surface area contributed by atoms with E-state index in [1.807, 2.05) is 18.7 Å². The minimum absolute atomic E-state index is 0.761. The highest BCUT2D eigenvalue weighted by Crippen LogP contribution is 2.31. The van der Waals surface area contributed by atoms with Gasteiger partial charge in [0.15, 0.2) is 5.82 Å². The molecule has 1 aromatic heterocycles. The number of benzene rings is 1. The smallest absolute Gasteiger partial charge is 0.154 e. The van der Waals surface area contributed by atoms with Gasteiger partial charge in [-0.1, -0.05) is 24.6 Å². The average Bonchev–Trinajstić information content (AvgIpc) is 2.66. The highest BCUT2D eigenvalue weighted by atomic mass is 15.4. The second-order valence-electron chi connectivity index (χ2n) is 4.94. The van der Waals surface area contributed by atoms with Gasteiger partial charge in [-0.3, -0.25) is 0 Å². The Morgan fingerprint density at radius 1 is 1.21 bits per heavy atom. The highest BCUT2D eigenvalue weighted by Gasteiger charge is 2.17. The lowest BCUT2D eigenvalue weighted by Crippen LogP contribution is -2.16. The third-order valence-corrected chi connectivity index (χ3v) is 3.32. The Hall–Kier alpha value is -1.97. The van der Waals surface area contributed by atoms with Gasteiger partial charge < -0.3 is 10.6 Å². The summed E-state index contributed by atoms with van der Waals surface area (Å²) in [6, 6.07) is 8.42. The molecular formula is C15H22N4. The third kappa shape index (κ3) is 2.57. The number of rotatable bonds is 4. The van der Waals surface area contributed by atoms with E-state index in [0.717, 1.165) is 35.9 Å². The number of anilines is 3. The minimum atomic E-state index is 0.761. The first-order chi connectivity index (χ1) is 9.04. The molecule has 0 saturated carbocycles. The first kappa shape index (κ1) is 13.5. The van der Waals surface area contributed by atoms with Crippen molar-refractivity contribution in [2.45, 2.75) is 33.7 Å². The summed E-state index contributed by atoms with van der Waals surface area (Å²) in [7, 11) is 2.03. The molecule has 0 aliphatic heterocycles. The van der Waals surface area contributed by atoms with Crippen molar-refractivity contribution in [3.63, 3.8) is 0 Å². The van der Waals surface area contributed by atoms with E-state index in [2.05, 4.69) is 48.1 Å². The van der Waals surface area contributed by atoms with E-state index in [1.54, 1.807) is 0 Å². The van der Waals surface area contributed by atoms with Crippen molar-refractivity contribution >= 4 is 17.2 Å². The normalized spacial score (nSPS) is 10.7. The lowest BCUT2D eigenvalue weighted by molar-refractivity contribution is 0.599. The van der Waals surface area contributed by atoms with Gasteiger partial charge in [0, 0.05) is 19.3 Å². The molecule has 19 heavy (non-hydrogen) atoms. The Kier molecular flexibility index (Phi) is 3.79. The molecule has 0 saturated heterocycles. The molecule has 4 nitrogen and oxygen atoms in total. The van der Waals surface area contributed by atoms with Crippen LogP contribution in [0, 0.1) is 13.8 Å². The zero-order valence-corrected chi connectivity index (χ0v) is 12.1. The molecule has 0 spiro atoms. The quantitative estimate of drug-likeness (QED) is 0.915. The molecule has 2 rings (SSSR count). The summed E-state index contributed by atoms with van der Waals surface area (Å²) < 4.78 is 1.99. The summed E-state index contributed by atoms with van der Waals surface area (Å²) in [5, 5.41) is 4.51. The van der Waals surface area contributed by atoms with Crippen LogP contribution in [0.1, 0.15) is 24.6 Å². The SMILES string of the molecule is CCCn1nc(C)c(N)c1N(C)c1ccc(C)cc1. The maximum Gasteiger partial charge on any atom is 0.154 e. The van der Waals surface area contributed by atoms with Gasteiger partial charge in [-0.15, -0.1) is 0 Å². The van der Waals surface area contributed by atoms with Gasteiger partial charge in [0.1, 0.15) is 0 Å². The van der Waals surface area contributed by atoms with Gasteiger partial charge in [-0.05, 0) is 32.4 Å². The summed E-state index contributed by atoms with van der Waals surface area (Å²) in [5.74, 6) is 0.975. The van der Waals surface area contributed by atoms with Crippen LogP contribution in [-0.2, 0) is 6.54 Å².